The van der Waals surface area contributed by atoms with Crippen molar-refractivity contribution in [1.82, 2.24) is 10.2 Å². The van der Waals surface area contributed by atoms with Crippen molar-refractivity contribution in [2.45, 2.75) is 6.42 Å². The first-order valence-corrected chi connectivity index (χ1v) is 7.81. The largest absolute Gasteiger partial charge is 0.496 e. The molecule has 1 aromatic heterocycles. The molecule has 0 radical (unpaired) electrons. The summed E-state index contributed by atoms with van der Waals surface area (Å²) in [6.45, 7) is 0. The van der Waals surface area contributed by atoms with Crippen molar-refractivity contribution in [1.29, 1.82) is 0 Å². The van der Waals surface area contributed by atoms with E-state index in [2.05, 4.69) is 37.5 Å². The van der Waals surface area contributed by atoms with E-state index in [1.54, 1.807) is 7.11 Å². The van der Waals surface area contributed by atoms with Gasteiger partial charge in [0, 0.05) is 23.2 Å². The highest BCUT2D eigenvalue weighted by Gasteiger charge is 2.26. The van der Waals surface area contributed by atoms with Crippen LogP contribution in [-0.4, -0.2) is 17.3 Å². The maximum absolute atomic E-state index is 5.39. The van der Waals surface area contributed by atoms with Crippen molar-refractivity contribution < 1.29 is 4.74 Å². The van der Waals surface area contributed by atoms with Crippen LogP contribution in [0.2, 0.25) is 0 Å². The molecule has 0 bridgehead atoms. The second-order valence-electron chi connectivity index (χ2n) is 5.24. The lowest BCUT2D eigenvalue weighted by molar-refractivity contribution is 0.412. The smallest absolute Gasteiger partial charge is 0.133 e. The number of nitrogens with zero attached hydrogens (tertiary/aromatic N) is 1. The van der Waals surface area contributed by atoms with Gasteiger partial charge in [-0.05, 0) is 45.8 Å². The highest BCUT2D eigenvalue weighted by atomic mass is 79.9. The minimum Gasteiger partial charge on any atom is -0.496 e. The molecule has 22 heavy (non-hydrogen) atoms. The number of aromatic amines is 1. The second-order valence-corrected chi connectivity index (χ2v) is 6.09. The van der Waals surface area contributed by atoms with Crippen LogP contribution in [0.3, 0.4) is 0 Å². The van der Waals surface area contributed by atoms with Gasteiger partial charge in [-0.3, -0.25) is 5.10 Å². The molecule has 2 N–H and O–H groups in total. The molecule has 5 heteroatoms. The van der Waals surface area contributed by atoms with Crippen molar-refractivity contribution in [3.63, 3.8) is 0 Å². The zero-order chi connectivity index (χ0) is 15.1. The van der Waals surface area contributed by atoms with E-state index in [1.807, 2.05) is 36.4 Å². The van der Waals surface area contributed by atoms with E-state index >= 15 is 0 Å². The first-order valence-electron chi connectivity index (χ1n) is 7.02. The molecule has 110 valence electrons. The number of hydrogen-bond donors (Lipinski definition) is 2. The quantitative estimate of drug-likeness (QED) is 0.568. The predicted molar refractivity (Wildman–Crippen MR) is 90.8 cm³/mol. The van der Waals surface area contributed by atoms with Gasteiger partial charge in [-0.1, -0.05) is 18.2 Å². The van der Waals surface area contributed by atoms with Crippen LogP contribution in [-0.2, 0) is 6.42 Å². The minimum atomic E-state index is 0.826. The van der Waals surface area contributed by atoms with Crippen molar-refractivity contribution in [2.24, 2.45) is 0 Å². The summed E-state index contributed by atoms with van der Waals surface area (Å²) >= 11 is 3.55. The van der Waals surface area contributed by atoms with Gasteiger partial charge < -0.3 is 10.1 Å². The minimum absolute atomic E-state index is 0.826. The number of hydrogen-bond acceptors (Lipinski definition) is 3. The number of nitrogens with one attached hydrogen (secondary N) is 2. The van der Waals surface area contributed by atoms with Crippen LogP contribution in [0.4, 0.5) is 11.5 Å². The molecule has 1 aliphatic carbocycles. The third-order valence-electron chi connectivity index (χ3n) is 3.91. The Hall–Kier alpha value is -2.27. The Labute approximate surface area is 136 Å². The van der Waals surface area contributed by atoms with E-state index in [0.29, 0.717) is 0 Å². The summed E-state index contributed by atoms with van der Waals surface area (Å²) in [5.74, 6) is 1.78. The standard InChI is InChI=1S/C17H14BrN3O/c1-22-15-9-12-10(8-14(15)18)7-13-16(12)20-21-17(13)19-11-5-3-2-4-6-11/h2-6,8-9H,7H2,1H3,(H2,19,20,21). The Balaban J connectivity index is 1.73. The Morgan fingerprint density at radius 3 is 2.82 bits per heavy atom. The van der Waals surface area contributed by atoms with E-state index in [9.17, 15) is 0 Å². The van der Waals surface area contributed by atoms with Gasteiger partial charge in [0.1, 0.15) is 11.6 Å². The predicted octanol–water partition coefficient (Wildman–Crippen LogP) is 4.50. The van der Waals surface area contributed by atoms with Gasteiger partial charge in [-0.15, -0.1) is 0 Å². The van der Waals surface area contributed by atoms with Gasteiger partial charge in [0.05, 0.1) is 17.3 Å². The average molecular weight is 356 g/mol. The first-order chi connectivity index (χ1) is 10.8. The number of aromatic nitrogens is 2. The summed E-state index contributed by atoms with van der Waals surface area (Å²) in [5.41, 5.74) is 5.63. The third-order valence-corrected chi connectivity index (χ3v) is 4.53. The molecule has 2 aromatic carbocycles. The molecule has 0 aliphatic heterocycles. The van der Waals surface area contributed by atoms with Gasteiger partial charge in [0.25, 0.3) is 0 Å². The zero-order valence-electron chi connectivity index (χ0n) is 12.0. The number of ether oxygens (including phenoxy) is 1. The van der Waals surface area contributed by atoms with Gasteiger partial charge in [-0.25, -0.2) is 0 Å². The van der Waals surface area contributed by atoms with Crippen LogP contribution in [0.15, 0.2) is 46.9 Å². The highest BCUT2D eigenvalue weighted by molar-refractivity contribution is 9.10. The lowest BCUT2D eigenvalue weighted by atomic mass is 10.1. The van der Waals surface area contributed by atoms with Crippen molar-refractivity contribution in [3.05, 3.63) is 58.1 Å². The normalized spacial score (nSPS) is 11.9. The summed E-state index contributed by atoms with van der Waals surface area (Å²) in [4.78, 5) is 0. The summed E-state index contributed by atoms with van der Waals surface area (Å²) in [7, 11) is 1.68. The molecule has 3 aromatic rings. The maximum atomic E-state index is 5.39. The van der Waals surface area contributed by atoms with Crippen LogP contribution in [0.1, 0.15) is 11.1 Å². The molecule has 0 atom stereocenters. The highest BCUT2D eigenvalue weighted by Crippen LogP contribution is 2.43. The molecule has 4 rings (SSSR count). The second kappa shape index (κ2) is 5.18. The lowest BCUT2D eigenvalue weighted by Gasteiger charge is -2.07. The van der Waals surface area contributed by atoms with Crippen LogP contribution in [0.5, 0.6) is 5.75 Å². The number of para-hydroxylation sites is 1. The van der Waals surface area contributed by atoms with Crippen molar-refractivity contribution >= 4 is 27.4 Å². The summed E-state index contributed by atoms with van der Waals surface area (Å²) < 4.78 is 6.36. The zero-order valence-corrected chi connectivity index (χ0v) is 13.6. The number of halogens is 1. The molecule has 1 aliphatic rings. The van der Waals surface area contributed by atoms with E-state index in [-0.39, 0.29) is 0 Å². The van der Waals surface area contributed by atoms with E-state index < -0.39 is 0 Å². The third kappa shape index (κ3) is 2.09. The van der Waals surface area contributed by atoms with E-state index in [1.165, 1.54) is 11.1 Å². The summed E-state index contributed by atoms with van der Waals surface area (Å²) in [6.07, 6.45) is 0.860. The van der Waals surface area contributed by atoms with E-state index in [0.717, 1.165) is 39.4 Å². The number of fused-ring (bicyclic) bond motifs is 3. The van der Waals surface area contributed by atoms with Crippen LogP contribution in [0, 0.1) is 0 Å². The lowest BCUT2D eigenvalue weighted by Crippen LogP contribution is -1.94. The molecule has 0 fully saturated rings. The monoisotopic (exact) mass is 355 g/mol. The molecule has 0 amide bonds. The molecule has 0 unspecified atom stereocenters. The first kappa shape index (κ1) is 13.4. The van der Waals surface area contributed by atoms with Crippen LogP contribution in [0.25, 0.3) is 11.3 Å². The molecular weight excluding hydrogens is 342 g/mol. The Morgan fingerprint density at radius 2 is 2.05 bits per heavy atom. The molecular formula is C17H14BrN3O. The van der Waals surface area contributed by atoms with Gasteiger partial charge in [0.2, 0.25) is 0 Å². The fraction of sp³-hybridized carbons (Fsp3) is 0.118. The van der Waals surface area contributed by atoms with Gasteiger partial charge in [-0.2, -0.15) is 5.10 Å². The Kier molecular flexibility index (Phi) is 3.15. The number of rotatable bonds is 3. The Bertz CT molecular complexity index is 843. The molecule has 4 nitrogen and oxygen atoms in total. The Morgan fingerprint density at radius 1 is 1.23 bits per heavy atom. The van der Waals surface area contributed by atoms with Crippen LogP contribution >= 0.6 is 15.9 Å². The summed E-state index contributed by atoms with van der Waals surface area (Å²) in [6, 6.07) is 14.2. The summed E-state index contributed by atoms with van der Waals surface area (Å²) in [5, 5.41) is 11.0. The molecule has 0 spiro atoms. The number of anilines is 2. The average Bonchev–Trinajstić information content (AvgIpc) is 3.07. The maximum Gasteiger partial charge on any atom is 0.133 e. The van der Waals surface area contributed by atoms with Crippen LogP contribution < -0.4 is 10.1 Å². The SMILES string of the molecule is COc1cc2c(cc1Br)Cc1c-2n[nH]c1Nc1ccccc1. The topological polar surface area (TPSA) is 49.9 Å². The molecule has 1 heterocycles. The van der Waals surface area contributed by atoms with E-state index in [4.69, 9.17) is 4.74 Å². The number of benzene rings is 2. The fourth-order valence-corrected chi connectivity index (χ4v) is 3.39. The van der Waals surface area contributed by atoms with Gasteiger partial charge >= 0.3 is 0 Å². The molecule has 0 saturated heterocycles. The van der Waals surface area contributed by atoms with Gasteiger partial charge in [0.15, 0.2) is 0 Å². The number of methoxy groups -OCH3 is 1. The molecule has 0 saturated carbocycles. The fourth-order valence-electron chi connectivity index (χ4n) is 2.84. The number of H-pyrrole nitrogens is 1. The van der Waals surface area contributed by atoms with Crippen molar-refractivity contribution in [2.75, 3.05) is 12.4 Å². The van der Waals surface area contributed by atoms with Crippen molar-refractivity contribution in [3.8, 4) is 17.0 Å².